The Bertz CT molecular complexity index is 344. The molecule has 0 aliphatic heterocycles. The van der Waals surface area contributed by atoms with Crippen LogP contribution in [0, 0.1) is 0 Å². The molecule has 0 saturated carbocycles. The molecular weight excluding hydrogens is 242 g/mol. The molecule has 0 fully saturated rings. The van der Waals surface area contributed by atoms with E-state index in [1.807, 2.05) is 6.07 Å². The predicted octanol–water partition coefficient (Wildman–Crippen LogP) is 3.94. The van der Waals surface area contributed by atoms with Crippen molar-refractivity contribution in [1.29, 1.82) is 0 Å². The fraction of sp³-hybridized carbons (Fsp3) is 0.727. The molecule has 5 heteroatoms. The van der Waals surface area contributed by atoms with Crippen molar-refractivity contribution in [2.45, 2.75) is 51.4 Å². The van der Waals surface area contributed by atoms with E-state index in [-0.39, 0.29) is 5.04 Å². The van der Waals surface area contributed by atoms with E-state index in [0.29, 0.717) is 12.5 Å². The van der Waals surface area contributed by atoms with Gasteiger partial charge < -0.3 is 8.95 Å². The van der Waals surface area contributed by atoms with E-state index in [4.69, 9.17) is 20.6 Å². The van der Waals surface area contributed by atoms with Crippen LogP contribution in [0.2, 0.25) is 18.1 Å². The van der Waals surface area contributed by atoms with Crippen molar-refractivity contribution in [2.75, 3.05) is 0 Å². The Kier molecular flexibility index (Phi) is 4.21. The molecule has 92 valence electrons. The van der Waals surface area contributed by atoms with Crippen molar-refractivity contribution in [3.05, 3.63) is 17.5 Å². The first-order chi connectivity index (χ1) is 7.26. The third-order valence-electron chi connectivity index (χ3n) is 3.13. The summed E-state index contributed by atoms with van der Waals surface area (Å²) in [5.74, 6) is 1.13. The molecule has 0 aliphatic carbocycles. The highest BCUT2D eigenvalue weighted by Gasteiger charge is 2.37. The van der Waals surface area contributed by atoms with Crippen molar-refractivity contribution in [1.82, 2.24) is 5.16 Å². The topological polar surface area (TPSA) is 35.3 Å². The number of halogens is 1. The van der Waals surface area contributed by atoms with Gasteiger partial charge in [0.15, 0.2) is 14.1 Å². The first-order valence-corrected chi connectivity index (χ1v) is 8.85. The normalized spacial score (nSPS) is 13.1. The number of alkyl halides is 1. The van der Waals surface area contributed by atoms with E-state index in [1.165, 1.54) is 0 Å². The molecule has 0 aliphatic rings. The molecule has 1 heterocycles. The minimum atomic E-state index is -1.71. The summed E-state index contributed by atoms with van der Waals surface area (Å²) < 4.78 is 11.1. The zero-order valence-electron chi connectivity index (χ0n) is 10.6. The molecule has 0 atom stereocenters. The van der Waals surface area contributed by atoms with Gasteiger partial charge in [0.1, 0.15) is 0 Å². The van der Waals surface area contributed by atoms with E-state index in [1.54, 1.807) is 0 Å². The lowest BCUT2D eigenvalue weighted by atomic mass is 10.2. The van der Waals surface area contributed by atoms with Gasteiger partial charge in [-0.1, -0.05) is 25.9 Å². The lowest BCUT2D eigenvalue weighted by Gasteiger charge is -2.35. The second-order valence-electron chi connectivity index (χ2n) is 5.47. The summed E-state index contributed by atoms with van der Waals surface area (Å²) in [6.45, 7) is 11.6. The minimum Gasteiger partial charge on any atom is -0.409 e. The first kappa shape index (κ1) is 13.7. The van der Waals surface area contributed by atoms with Crippen molar-refractivity contribution in [2.24, 2.45) is 0 Å². The van der Waals surface area contributed by atoms with E-state index in [9.17, 15) is 0 Å². The molecule has 3 nitrogen and oxygen atoms in total. The Labute approximate surface area is 103 Å². The van der Waals surface area contributed by atoms with Crippen LogP contribution in [0.3, 0.4) is 0 Å². The Hall–Kier alpha value is -0.323. The fourth-order valence-corrected chi connectivity index (χ4v) is 2.02. The van der Waals surface area contributed by atoms with Crippen LogP contribution in [0.1, 0.15) is 32.2 Å². The maximum absolute atomic E-state index is 6.00. The molecule has 0 bridgehead atoms. The lowest BCUT2D eigenvalue weighted by molar-refractivity contribution is 0.229. The van der Waals surface area contributed by atoms with Crippen LogP contribution in [0.5, 0.6) is 0 Å². The molecule has 1 aromatic heterocycles. The monoisotopic (exact) mass is 261 g/mol. The van der Waals surface area contributed by atoms with Crippen molar-refractivity contribution in [3.63, 3.8) is 0 Å². The predicted molar refractivity (Wildman–Crippen MR) is 68.0 cm³/mol. The molecule has 1 aromatic rings. The standard InChI is InChI=1S/C11H20ClNO2Si/c1-11(2,3)16(4,5)14-8-10-6-9(7-12)13-15-10/h6H,7-8H2,1-5H3. The molecule has 0 N–H and O–H groups in total. The Morgan fingerprint density at radius 3 is 2.50 bits per heavy atom. The average Bonchev–Trinajstić information content (AvgIpc) is 2.60. The summed E-state index contributed by atoms with van der Waals surface area (Å²) in [5, 5.41) is 4.04. The number of rotatable bonds is 4. The molecule has 1 rings (SSSR count). The summed E-state index contributed by atoms with van der Waals surface area (Å²) in [6, 6.07) is 1.85. The van der Waals surface area contributed by atoms with Gasteiger partial charge >= 0.3 is 0 Å². The van der Waals surface area contributed by atoms with Crippen LogP contribution in [-0.4, -0.2) is 13.5 Å². The molecule has 0 unspecified atom stereocenters. The fourth-order valence-electron chi connectivity index (χ4n) is 0.955. The zero-order valence-corrected chi connectivity index (χ0v) is 12.4. The second-order valence-corrected chi connectivity index (χ2v) is 10.5. The van der Waals surface area contributed by atoms with Crippen LogP contribution in [0.25, 0.3) is 0 Å². The van der Waals surface area contributed by atoms with Crippen molar-refractivity contribution < 1.29 is 8.95 Å². The van der Waals surface area contributed by atoms with Crippen LogP contribution in [-0.2, 0) is 16.9 Å². The molecule has 0 radical (unpaired) electrons. The summed E-state index contributed by atoms with van der Waals surface area (Å²) >= 11 is 5.65. The van der Waals surface area contributed by atoms with Crippen LogP contribution in [0.15, 0.2) is 10.6 Å². The van der Waals surface area contributed by atoms with Gasteiger partial charge in [0, 0.05) is 6.07 Å². The van der Waals surface area contributed by atoms with Gasteiger partial charge in [0.05, 0.1) is 18.2 Å². The Morgan fingerprint density at radius 2 is 2.06 bits per heavy atom. The molecule has 0 spiro atoms. The Morgan fingerprint density at radius 1 is 1.44 bits per heavy atom. The Balaban J connectivity index is 2.57. The second kappa shape index (κ2) is 4.90. The maximum Gasteiger partial charge on any atom is 0.192 e. The summed E-state index contributed by atoms with van der Waals surface area (Å²) in [5.41, 5.74) is 0.760. The number of nitrogens with zero attached hydrogens (tertiary/aromatic N) is 1. The van der Waals surface area contributed by atoms with E-state index < -0.39 is 8.32 Å². The number of aromatic nitrogens is 1. The van der Waals surface area contributed by atoms with E-state index in [2.05, 4.69) is 39.0 Å². The largest absolute Gasteiger partial charge is 0.409 e. The highest BCUT2D eigenvalue weighted by molar-refractivity contribution is 6.74. The first-order valence-electron chi connectivity index (χ1n) is 5.40. The SMILES string of the molecule is CC(C)(C)[Si](C)(C)OCc1cc(CCl)no1. The smallest absolute Gasteiger partial charge is 0.192 e. The molecular formula is C11H20ClNO2Si. The molecule has 0 amide bonds. The molecule has 0 saturated heterocycles. The van der Waals surface area contributed by atoms with Gasteiger partial charge in [-0.25, -0.2) is 0 Å². The summed E-state index contributed by atoms with van der Waals surface area (Å²) in [6.07, 6.45) is 0. The highest BCUT2D eigenvalue weighted by Crippen LogP contribution is 2.37. The number of hydrogen-bond donors (Lipinski definition) is 0. The van der Waals surface area contributed by atoms with E-state index in [0.717, 1.165) is 11.5 Å². The van der Waals surface area contributed by atoms with Crippen molar-refractivity contribution >= 4 is 19.9 Å². The summed E-state index contributed by atoms with van der Waals surface area (Å²) in [7, 11) is -1.71. The lowest BCUT2D eigenvalue weighted by Crippen LogP contribution is -2.40. The van der Waals surface area contributed by atoms with Gasteiger partial charge in [-0.15, -0.1) is 11.6 Å². The van der Waals surface area contributed by atoms with Crippen LogP contribution >= 0.6 is 11.6 Å². The highest BCUT2D eigenvalue weighted by atomic mass is 35.5. The summed E-state index contributed by atoms with van der Waals surface area (Å²) in [4.78, 5) is 0. The average molecular weight is 262 g/mol. The van der Waals surface area contributed by atoms with Gasteiger partial charge in [-0.05, 0) is 18.1 Å². The van der Waals surface area contributed by atoms with Gasteiger partial charge in [-0.2, -0.15) is 0 Å². The van der Waals surface area contributed by atoms with Crippen LogP contribution < -0.4 is 0 Å². The molecule has 0 aromatic carbocycles. The molecule has 16 heavy (non-hydrogen) atoms. The van der Waals surface area contributed by atoms with E-state index >= 15 is 0 Å². The van der Waals surface area contributed by atoms with Crippen molar-refractivity contribution in [3.8, 4) is 0 Å². The third-order valence-corrected chi connectivity index (χ3v) is 7.88. The minimum absolute atomic E-state index is 0.211. The third kappa shape index (κ3) is 3.33. The number of hydrogen-bond acceptors (Lipinski definition) is 3. The van der Waals surface area contributed by atoms with Gasteiger partial charge in [0.2, 0.25) is 0 Å². The zero-order chi connectivity index (χ0) is 12.4. The quantitative estimate of drug-likeness (QED) is 0.608. The van der Waals surface area contributed by atoms with Gasteiger partial charge in [-0.3, -0.25) is 0 Å². The van der Waals surface area contributed by atoms with Gasteiger partial charge in [0.25, 0.3) is 0 Å². The van der Waals surface area contributed by atoms with Crippen LogP contribution in [0.4, 0.5) is 0 Å². The maximum atomic E-state index is 6.00.